The number of hydrogen-bond donors (Lipinski definition) is 1. The molecule has 6 nitrogen and oxygen atoms in total. The summed E-state index contributed by atoms with van der Waals surface area (Å²) >= 11 is 0. The van der Waals surface area contributed by atoms with Gasteiger partial charge < -0.3 is 19.9 Å². The van der Waals surface area contributed by atoms with Crippen molar-refractivity contribution in [3.8, 4) is 11.5 Å². The lowest BCUT2D eigenvalue weighted by molar-refractivity contribution is 0.102. The quantitative estimate of drug-likeness (QED) is 0.580. The van der Waals surface area contributed by atoms with Gasteiger partial charge in [-0.2, -0.15) is 0 Å². The van der Waals surface area contributed by atoms with Crippen molar-refractivity contribution < 1.29 is 13.9 Å². The van der Waals surface area contributed by atoms with Crippen LogP contribution in [0.1, 0.15) is 28.8 Å². The molecule has 0 atom stereocenters. The van der Waals surface area contributed by atoms with Gasteiger partial charge in [-0.15, -0.1) is 0 Å². The number of carbonyl (C=O) groups excluding carboxylic acids is 1. The summed E-state index contributed by atoms with van der Waals surface area (Å²) in [5, 5.41) is 2.82. The maximum Gasteiger partial charge on any atom is 0.258 e. The van der Waals surface area contributed by atoms with Gasteiger partial charge >= 0.3 is 0 Å². The Morgan fingerprint density at radius 2 is 1.76 bits per heavy atom. The van der Waals surface area contributed by atoms with E-state index >= 15 is 0 Å². The number of benzene rings is 3. The molecule has 0 spiro atoms. The molecule has 1 fully saturated rings. The average Bonchev–Trinajstić information content (AvgIpc) is 3.01. The van der Waals surface area contributed by atoms with E-state index in [-0.39, 0.29) is 5.56 Å². The summed E-state index contributed by atoms with van der Waals surface area (Å²) < 4.78 is 20.3. The number of anilines is 1. The lowest BCUT2D eigenvalue weighted by Crippen LogP contribution is -2.44. The second kappa shape index (κ2) is 9.27. The first kappa shape index (κ1) is 22.1. The van der Waals surface area contributed by atoms with Gasteiger partial charge in [-0.1, -0.05) is 24.3 Å². The predicted octanol–water partition coefficient (Wildman–Crippen LogP) is 5.29. The van der Waals surface area contributed by atoms with Crippen molar-refractivity contribution in [2.24, 2.45) is 4.99 Å². The van der Waals surface area contributed by atoms with Crippen LogP contribution >= 0.6 is 0 Å². The van der Waals surface area contributed by atoms with E-state index < -0.39 is 11.7 Å². The van der Waals surface area contributed by atoms with Gasteiger partial charge in [0.05, 0.1) is 11.1 Å². The standard InChI is InChI=1S/C27H27FN4O2/c1-31(2)19-13-15-32(16-14-19)26-21-17-18(29-27(33)20-7-3-4-8-22(20)28)11-12-24(21)34-25-10-6-5-9-23(25)30-26/h3-12,17,19H,13-16H2,1-2H3,(H,29,33). The zero-order valence-electron chi connectivity index (χ0n) is 19.3. The molecule has 0 bridgehead atoms. The van der Waals surface area contributed by atoms with Gasteiger partial charge in [0.15, 0.2) is 5.75 Å². The number of ether oxygens (including phenoxy) is 1. The third kappa shape index (κ3) is 4.39. The first-order chi connectivity index (χ1) is 16.5. The summed E-state index contributed by atoms with van der Waals surface area (Å²) in [7, 11) is 4.24. The van der Waals surface area contributed by atoms with E-state index in [4.69, 9.17) is 9.73 Å². The van der Waals surface area contributed by atoms with E-state index in [2.05, 4.69) is 29.2 Å². The zero-order valence-corrected chi connectivity index (χ0v) is 19.3. The number of hydrogen-bond acceptors (Lipinski definition) is 5. The van der Waals surface area contributed by atoms with Crippen molar-refractivity contribution in [2.45, 2.75) is 18.9 Å². The number of rotatable bonds is 3. The molecule has 1 amide bonds. The van der Waals surface area contributed by atoms with Crippen molar-refractivity contribution in [2.75, 3.05) is 32.5 Å². The molecule has 2 aliphatic rings. The number of piperidine rings is 1. The van der Waals surface area contributed by atoms with Crippen molar-refractivity contribution >= 4 is 23.1 Å². The summed E-state index contributed by atoms with van der Waals surface area (Å²) in [4.78, 5) is 22.3. The van der Waals surface area contributed by atoms with Gasteiger partial charge in [0.1, 0.15) is 23.1 Å². The highest BCUT2D eigenvalue weighted by Gasteiger charge is 2.28. The minimum absolute atomic E-state index is 0.000691. The smallest absolute Gasteiger partial charge is 0.258 e. The number of amides is 1. The van der Waals surface area contributed by atoms with E-state index in [1.807, 2.05) is 36.4 Å². The molecule has 0 aliphatic carbocycles. The topological polar surface area (TPSA) is 57.2 Å². The molecule has 5 rings (SSSR count). The van der Waals surface area contributed by atoms with Crippen LogP contribution in [0, 0.1) is 5.82 Å². The molecule has 2 heterocycles. The second-order valence-corrected chi connectivity index (χ2v) is 8.83. The van der Waals surface area contributed by atoms with E-state index in [1.165, 1.54) is 12.1 Å². The van der Waals surface area contributed by atoms with Crippen LogP contribution in [0.15, 0.2) is 71.7 Å². The van der Waals surface area contributed by atoms with E-state index in [0.717, 1.165) is 43.0 Å². The zero-order chi connectivity index (χ0) is 23.7. The Kier molecular flexibility index (Phi) is 6.02. The monoisotopic (exact) mass is 458 g/mol. The lowest BCUT2D eigenvalue weighted by atomic mass is 10.0. The second-order valence-electron chi connectivity index (χ2n) is 8.83. The average molecular weight is 459 g/mol. The molecule has 34 heavy (non-hydrogen) atoms. The van der Waals surface area contributed by atoms with Crippen LogP contribution in [-0.2, 0) is 0 Å². The van der Waals surface area contributed by atoms with Gasteiger partial charge in [-0.25, -0.2) is 9.38 Å². The number of fused-ring (bicyclic) bond motifs is 2. The molecule has 0 aromatic heterocycles. The molecule has 0 unspecified atom stereocenters. The normalized spacial score (nSPS) is 15.6. The molecular formula is C27H27FN4O2. The summed E-state index contributed by atoms with van der Waals surface area (Å²) in [6.45, 7) is 1.74. The number of aliphatic imine (C=N–C) groups is 1. The Morgan fingerprint density at radius 1 is 1.03 bits per heavy atom. The summed E-state index contributed by atoms with van der Waals surface area (Å²) in [5.74, 6) is 1.12. The lowest BCUT2D eigenvalue weighted by Gasteiger charge is -2.37. The van der Waals surface area contributed by atoms with E-state index in [1.54, 1.807) is 18.2 Å². The molecule has 7 heteroatoms. The van der Waals surface area contributed by atoms with Crippen LogP contribution in [-0.4, -0.2) is 54.8 Å². The fourth-order valence-corrected chi connectivity index (χ4v) is 4.48. The number of nitrogens with one attached hydrogen (secondary N) is 1. The number of amidine groups is 1. The highest BCUT2D eigenvalue weighted by atomic mass is 19.1. The Balaban J connectivity index is 1.50. The molecular weight excluding hydrogens is 431 g/mol. The van der Waals surface area contributed by atoms with Crippen molar-refractivity contribution in [3.05, 3.63) is 83.7 Å². The number of carbonyl (C=O) groups is 1. The predicted molar refractivity (Wildman–Crippen MR) is 132 cm³/mol. The minimum Gasteiger partial charge on any atom is -0.454 e. The van der Waals surface area contributed by atoms with Gasteiger partial charge in [-0.3, -0.25) is 4.79 Å². The Bertz CT molecular complexity index is 1250. The summed E-state index contributed by atoms with van der Waals surface area (Å²) in [6, 6.07) is 19.6. The fraction of sp³-hybridized carbons (Fsp3) is 0.259. The van der Waals surface area contributed by atoms with Crippen molar-refractivity contribution in [1.82, 2.24) is 9.80 Å². The molecule has 174 valence electrons. The molecule has 2 aliphatic heterocycles. The fourth-order valence-electron chi connectivity index (χ4n) is 4.48. The summed E-state index contributed by atoms with van der Waals surface area (Å²) in [5.41, 5.74) is 2.12. The Hall–Kier alpha value is -3.71. The largest absolute Gasteiger partial charge is 0.454 e. The van der Waals surface area contributed by atoms with Crippen LogP contribution in [0.4, 0.5) is 15.8 Å². The van der Waals surface area contributed by atoms with Crippen molar-refractivity contribution in [1.29, 1.82) is 0 Å². The molecule has 0 saturated carbocycles. The number of para-hydroxylation sites is 2. The summed E-state index contributed by atoms with van der Waals surface area (Å²) in [6.07, 6.45) is 2.07. The first-order valence-electron chi connectivity index (χ1n) is 11.5. The third-order valence-electron chi connectivity index (χ3n) is 6.40. The highest BCUT2D eigenvalue weighted by Crippen LogP contribution is 2.39. The van der Waals surface area contributed by atoms with Gasteiger partial charge in [0.25, 0.3) is 5.91 Å². The SMILES string of the molecule is CN(C)C1CCN(C2=Nc3ccccc3Oc3ccc(NC(=O)c4ccccc4F)cc32)CC1. The van der Waals surface area contributed by atoms with Gasteiger partial charge in [0, 0.05) is 24.8 Å². The molecule has 3 aromatic carbocycles. The van der Waals surface area contributed by atoms with Crippen molar-refractivity contribution in [3.63, 3.8) is 0 Å². The molecule has 1 N–H and O–H groups in total. The van der Waals surface area contributed by atoms with Crippen LogP contribution in [0.5, 0.6) is 11.5 Å². The third-order valence-corrected chi connectivity index (χ3v) is 6.40. The van der Waals surface area contributed by atoms with Crippen LogP contribution < -0.4 is 10.1 Å². The van der Waals surface area contributed by atoms with Crippen LogP contribution in [0.25, 0.3) is 0 Å². The molecule has 0 radical (unpaired) electrons. The maximum absolute atomic E-state index is 14.1. The Labute approximate surface area is 198 Å². The van der Waals surface area contributed by atoms with Crippen LogP contribution in [0.2, 0.25) is 0 Å². The number of nitrogens with zero attached hydrogens (tertiary/aromatic N) is 3. The number of halogens is 1. The van der Waals surface area contributed by atoms with Crippen LogP contribution in [0.3, 0.4) is 0 Å². The van der Waals surface area contributed by atoms with E-state index in [0.29, 0.717) is 23.2 Å². The minimum atomic E-state index is -0.556. The molecule has 1 saturated heterocycles. The Morgan fingerprint density at radius 3 is 2.53 bits per heavy atom. The van der Waals surface area contributed by atoms with Gasteiger partial charge in [-0.05, 0) is 69.4 Å². The maximum atomic E-state index is 14.1. The molecule has 3 aromatic rings. The van der Waals surface area contributed by atoms with E-state index in [9.17, 15) is 9.18 Å². The first-order valence-corrected chi connectivity index (χ1v) is 11.5. The number of likely N-dealkylation sites (tertiary alicyclic amines) is 1. The van der Waals surface area contributed by atoms with Gasteiger partial charge in [0.2, 0.25) is 0 Å². The highest BCUT2D eigenvalue weighted by molar-refractivity contribution is 6.07.